The van der Waals surface area contributed by atoms with E-state index in [2.05, 4.69) is 17.2 Å². The van der Waals surface area contributed by atoms with Crippen molar-refractivity contribution in [3.63, 3.8) is 0 Å². The highest BCUT2D eigenvalue weighted by molar-refractivity contribution is 6.31. The van der Waals surface area contributed by atoms with Crippen LogP contribution >= 0.6 is 11.6 Å². The summed E-state index contributed by atoms with van der Waals surface area (Å²) < 4.78 is 23.3. The first-order valence-corrected chi connectivity index (χ1v) is 11.9. The van der Waals surface area contributed by atoms with Gasteiger partial charge in [-0.15, -0.1) is 0 Å². The minimum absolute atomic E-state index is 0.144. The fraction of sp³-hybridized carbons (Fsp3) is 0.480. The van der Waals surface area contributed by atoms with E-state index in [4.69, 9.17) is 27.1 Å². The maximum atomic E-state index is 15.4. The van der Waals surface area contributed by atoms with E-state index in [-0.39, 0.29) is 33.9 Å². The van der Waals surface area contributed by atoms with Gasteiger partial charge in [0.05, 0.1) is 16.8 Å². The van der Waals surface area contributed by atoms with E-state index in [0.717, 1.165) is 18.5 Å². The van der Waals surface area contributed by atoms with Crippen molar-refractivity contribution in [3.05, 3.63) is 51.9 Å². The molecular formula is C25H31ClFN5O2. The first kappa shape index (κ1) is 24.3. The maximum Gasteiger partial charge on any atom is 0.258 e. The minimum atomic E-state index is -0.792. The summed E-state index contributed by atoms with van der Waals surface area (Å²) >= 11 is 6.33. The van der Waals surface area contributed by atoms with Gasteiger partial charge in [-0.2, -0.15) is 0 Å². The molecule has 9 heteroatoms. The van der Waals surface area contributed by atoms with Gasteiger partial charge in [0, 0.05) is 29.4 Å². The number of nitrogens with one attached hydrogen (secondary N) is 1. The second kappa shape index (κ2) is 8.73. The number of anilines is 1. The van der Waals surface area contributed by atoms with Crippen LogP contribution in [0.1, 0.15) is 80.8 Å². The number of aryl methyl sites for hydroxylation is 1. The fourth-order valence-electron chi connectivity index (χ4n) is 5.15. The first-order chi connectivity index (χ1) is 15.9. The van der Waals surface area contributed by atoms with Crippen LogP contribution in [0.15, 0.2) is 18.5 Å². The van der Waals surface area contributed by atoms with E-state index < -0.39 is 11.7 Å². The molecule has 1 amide bonds. The molecule has 1 aromatic carbocycles. The molecule has 2 aromatic heterocycles. The average Bonchev–Trinajstić information content (AvgIpc) is 3.06. The lowest BCUT2D eigenvalue weighted by Crippen LogP contribution is -2.54. The highest BCUT2D eigenvalue weighted by Gasteiger charge is 2.40. The number of aromatic nitrogens is 3. The molecule has 0 radical (unpaired) electrons. The van der Waals surface area contributed by atoms with E-state index in [1.807, 2.05) is 39.0 Å². The number of hydrogen-bond acceptors (Lipinski definition) is 5. The average molecular weight is 488 g/mol. The largest absolute Gasteiger partial charge is 0.490 e. The zero-order valence-corrected chi connectivity index (χ0v) is 21.1. The quantitative estimate of drug-likeness (QED) is 0.494. The van der Waals surface area contributed by atoms with Crippen molar-refractivity contribution in [2.24, 2.45) is 5.92 Å². The van der Waals surface area contributed by atoms with E-state index in [1.54, 1.807) is 12.4 Å². The molecule has 1 fully saturated rings. The number of carbonyl (C=O) groups is 1. The van der Waals surface area contributed by atoms with Gasteiger partial charge in [0.1, 0.15) is 28.5 Å². The van der Waals surface area contributed by atoms with E-state index >= 15 is 4.39 Å². The predicted molar refractivity (Wildman–Crippen MR) is 131 cm³/mol. The van der Waals surface area contributed by atoms with Gasteiger partial charge < -0.3 is 15.8 Å². The molecule has 2 heterocycles. The van der Waals surface area contributed by atoms with Crippen LogP contribution in [-0.2, 0) is 0 Å². The topological polar surface area (TPSA) is 94.5 Å². The van der Waals surface area contributed by atoms with Crippen LogP contribution in [0.4, 0.5) is 10.2 Å². The van der Waals surface area contributed by atoms with Crippen LogP contribution in [0.5, 0.6) is 5.75 Å². The molecule has 1 saturated carbocycles. The molecule has 7 nitrogen and oxygen atoms in total. The number of hydrogen-bond donors (Lipinski definition) is 2. The zero-order chi connectivity index (χ0) is 24.9. The summed E-state index contributed by atoms with van der Waals surface area (Å²) in [5.41, 5.74) is 7.51. The molecule has 182 valence electrons. The van der Waals surface area contributed by atoms with Crippen LogP contribution in [0.2, 0.25) is 5.02 Å². The van der Waals surface area contributed by atoms with Gasteiger partial charge in [0.15, 0.2) is 5.82 Å². The molecule has 1 unspecified atom stereocenters. The second-order valence-corrected chi connectivity index (χ2v) is 10.4. The number of halogens is 2. The fourth-order valence-corrected chi connectivity index (χ4v) is 5.36. The van der Waals surface area contributed by atoms with Gasteiger partial charge in [-0.05, 0) is 52.5 Å². The summed E-state index contributed by atoms with van der Waals surface area (Å²) in [6.07, 6.45) is 4.74. The van der Waals surface area contributed by atoms with Gasteiger partial charge in [-0.1, -0.05) is 25.4 Å². The summed E-state index contributed by atoms with van der Waals surface area (Å²) in [6, 6.07) is 1.52. The molecule has 1 atom stereocenters. The number of imidazole rings is 1. The zero-order valence-electron chi connectivity index (χ0n) is 20.4. The molecule has 0 spiro atoms. The number of rotatable bonds is 6. The molecule has 3 N–H and O–H groups in total. The van der Waals surface area contributed by atoms with E-state index in [1.165, 1.54) is 6.07 Å². The Morgan fingerprint density at radius 2 is 2.06 bits per heavy atom. The van der Waals surface area contributed by atoms with Crippen molar-refractivity contribution in [1.82, 2.24) is 19.7 Å². The standard InChI is InChI=1S/C25H31ClFN5O2/c1-12(2)34-21-16(14(4)23-30-15(5)20-22(28)29-7-8-32(20)23)9-17(26)19(27)18(21)24(33)31-25(6)10-13(3)11-25/h7-9,12-14H,10-11H2,1-6H3,(H2,28,29)(H,31,33). The van der Waals surface area contributed by atoms with Crippen molar-refractivity contribution < 1.29 is 13.9 Å². The van der Waals surface area contributed by atoms with Gasteiger partial charge in [-0.25, -0.2) is 14.4 Å². The van der Waals surface area contributed by atoms with Crippen LogP contribution in [-0.4, -0.2) is 31.9 Å². The number of carbonyl (C=O) groups excluding carboxylic acids is 1. The molecular weight excluding hydrogens is 457 g/mol. The van der Waals surface area contributed by atoms with Gasteiger partial charge >= 0.3 is 0 Å². The maximum absolute atomic E-state index is 15.4. The SMILES string of the molecule is Cc1nc(C(C)c2cc(Cl)c(F)c(C(=O)NC3(C)CC(C)C3)c2OC(C)C)n2ccnc(N)c12. The smallest absolute Gasteiger partial charge is 0.258 e. The lowest BCUT2D eigenvalue weighted by atomic mass is 9.70. The van der Waals surface area contributed by atoms with E-state index in [0.29, 0.717) is 28.6 Å². The Hall–Kier alpha value is -2.87. The highest BCUT2D eigenvalue weighted by Crippen LogP contribution is 2.41. The van der Waals surface area contributed by atoms with Crippen LogP contribution in [0.25, 0.3) is 5.52 Å². The summed E-state index contributed by atoms with van der Waals surface area (Å²) in [5, 5.41) is 2.86. The van der Waals surface area contributed by atoms with Crippen molar-refractivity contribution >= 4 is 28.8 Å². The Morgan fingerprint density at radius 1 is 1.38 bits per heavy atom. The lowest BCUT2D eigenvalue weighted by molar-refractivity contribution is 0.0762. The Labute approximate surface area is 203 Å². The first-order valence-electron chi connectivity index (χ1n) is 11.5. The van der Waals surface area contributed by atoms with Crippen LogP contribution in [0.3, 0.4) is 0 Å². The summed E-state index contributed by atoms with van der Waals surface area (Å²) in [4.78, 5) is 22.2. The number of ether oxygens (including phenoxy) is 1. The Kier molecular flexibility index (Phi) is 6.23. The monoisotopic (exact) mass is 487 g/mol. The van der Waals surface area contributed by atoms with Gasteiger partial charge in [0.25, 0.3) is 5.91 Å². The second-order valence-electron chi connectivity index (χ2n) is 9.97. The Bertz CT molecular complexity index is 1270. The molecule has 0 saturated heterocycles. The normalized spacial score (nSPS) is 20.9. The summed E-state index contributed by atoms with van der Waals surface area (Å²) in [5.74, 6) is -0.00498. The van der Waals surface area contributed by atoms with Crippen molar-refractivity contribution in [1.29, 1.82) is 0 Å². The van der Waals surface area contributed by atoms with E-state index in [9.17, 15) is 4.79 Å². The predicted octanol–water partition coefficient (Wildman–Crippen LogP) is 5.27. The number of fused-ring (bicyclic) bond motifs is 1. The number of nitrogens with two attached hydrogens (primary N) is 1. The molecule has 1 aliphatic carbocycles. The lowest BCUT2D eigenvalue weighted by Gasteiger charge is -2.44. The number of nitrogen functional groups attached to an aromatic ring is 1. The summed E-state index contributed by atoms with van der Waals surface area (Å²) in [7, 11) is 0. The van der Waals surface area contributed by atoms with Crippen molar-refractivity contribution in [3.8, 4) is 5.75 Å². The molecule has 34 heavy (non-hydrogen) atoms. The van der Waals surface area contributed by atoms with Crippen molar-refractivity contribution in [2.75, 3.05) is 5.73 Å². The third kappa shape index (κ3) is 4.19. The Balaban J connectivity index is 1.86. The van der Waals surface area contributed by atoms with Gasteiger partial charge in [-0.3, -0.25) is 9.20 Å². The summed E-state index contributed by atoms with van der Waals surface area (Å²) in [6.45, 7) is 11.5. The molecule has 1 aliphatic rings. The van der Waals surface area contributed by atoms with Crippen LogP contribution < -0.4 is 15.8 Å². The highest BCUT2D eigenvalue weighted by atomic mass is 35.5. The van der Waals surface area contributed by atoms with Crippen LogP contribution in [0, 0.1) is 18.7 Å². The molecule has 4 rings (SSSR count). The number of amides is 1. The molecule has 0 aliphatic heterocycles. The van der Waals surface area contributed by atoms with Crippen molar-refractivity contribution in [2.45, 2.75) is 71.9 Å². The number of nitrogens with zero attached hydrogens (tertiary/aromatic N) is 3. The molecule has 0 bridgehead atoms. The molecule has 3 aromatic rings. The minimum Gasteiger partial charge on any atom is -0.490 e. The third-order valence-electron chi connectivity index (χ3n) is 6.43. The number of benzene rings is 1. The third-order valence-corrected chi connectivity index (χ3v) is 6.71. The Morgan fingerprint density at radius 3 is 2.68 bits per heavy atom. The van der Waals surface area contributed by atoms with Gasteiger partial charge in [0.2, 0.25) is 0 Å².